The SMILES string of the molecule is CC(C)CC(CNC(C1CC1)C1CC1)N(C)C. The van der Waals surface area contributed by atoms with Gasteiger partial charge in [0.1, 0.15) is 0 Å². The van der Waals surface area contributed by atoms with Crippen molar-refractivity contribution in [1.82, 2.24) is 10.2 Å². The van der Waals surface area contributed by atoms with Crippen LogP contribution in [0.25, 0.3) is 0 Å². The van der Waals surface area contributed by atoms with Crippen LogP contribution in [0.3, 0.4) is 0 Å². The summed E-state index contributed by atoms with van der Waals surface area (Å²) in [7, 11) is 4.44. The summed E-state index contributed by atoms with van der Waals surface area (Å²) < 4.78 is 0. The number of rotatable bonds is 8. The number of hydrogen-bond acceptors (Lipinski definition) is 2. The van der Waals surface area contributed by atoms with Gasteiger partial charge < -0.3 is 10.2 Å². The highest BCUT2D eigenvalue weighted by molar-refractivity contribution is 4.96. The molecule has 0 aromatic rings. The first kappa shape index (κ1) is 13.4. The number of nitrogens with one attached hydrogen (secondary N) is 1. The van der Waals surface area contributed by atoms with Crippen molar-refractivity contribution < 1.29 is 0 Å². The normalized spacial score (nSPS) is 22.8. The summed E-state index contributed by atoms with van der Waals surface area (Å²) in [4.78, 5) is 2.39. The van der Waals surface area contributed by atoms with Crippen molar-refractivity contribution in [2.24, 2.45) is 17.8 Å². The van der Waals surface area contributed by atoms with E-state index in [0.717, 1.165) is 23.8 Å². The van der Waals surface area contributed by atoms with Crippen molar-refractivity contribution in [2.75, 3.05) is 20.6 Å². The van der Waals surface area contributed by atoms with Gasteiger partial charge in [-0.3, -0.25) is 0 Å². The molecule has 2 aliphatic carbocycles. The molecule has 0 amide bonds. The molecule has 0 spiro atoms. The third-order valence-electron chi connectivity index (χ3n) is 4.32. The number of nitrogens with zero attached hydrogens (tertiary/aromatic N) is 1. The zero-order valence-electron chi connectivity index (χ0n) is 12.1. The smallest absolute Gasteiger partial charge is 0.0217 e. The monoisotopic (exact) mass is 238 g/mol. The maximum atomic E-state index is 3.89. The molecular formula is C15H30N2. The molecule has 1 N–H and O–H groups in total. The van der Waals surface area contributed by atoms with Crippen LogP contribution >= 0.6 is 0 Å². The summed E-state index contributed by atoms with van der Waals surface area (Å²) >= 11 is 0. The lowest BCUT2D eigenvalue weighted by molar-refractivity contribution is 0.233. The molecule has 17 heavy (non-hydrogen) atoms. The van der Waals surface area contributed by atoms with E-state index < -0.39 is 0 Å². The molecule has 0 saturated heterocycles. The van der Waals surface area contributed by atoms with Crippen molar-refractivity contribution in [3.05, 3.63) is 0 Å². The van der Waals surface area contributed by atoms with E-state index in [-0.39, 0.29) is 0 Å². The first-order valence-corrected chi connectivity index (χ1v) is 7.47. The molecule has 0 aromatic heterocycles. The van der Waals surface area contributed by atoms with Crippen molar-refractivity contribution in [3.8, 4) is 0 Å². The first-order chi connectivity index (χ1) is 8.08. The molecule has 0 bridgehead atoms. The van der Waals surface area contributed by atoms with Gasteiger partial charge in [0.2, 0.25) is 0 Å². The van der Waals surface area contributed by atoms with E-state index in [9.17, 15) is 0 Å². The first-order valence-electron chi connectivity index (χ1n) is 7.47. The Morgan fingerprint density at radius 2 is 1.59 bits per heavy atom. The fraction of sp³-hybridized carbons (Fsp3) is 1.00. The summed E-state index contributed by atoms with van der Waals surface area (Å²) in [6.45, 7) is 5.84. The Kier molecular flexibility index (Phi) is 4.48. The van der Waals surface area contributed by atoms with Crippen molar-refractivity contribution in [1.29, 1.82) is 0 Å². The van der Waals surface area contributed by atoms with E-state index in [1.165, 1.54) is 38.6 Å². The Hall–Kier alpha value is -0.0800. The van der Waals surface area contributed by atoms with Gasteiger partial charge in [-0.05, 0) is 64.0 Å². The molecule has 100 valence electrons. The molecule has 1 atom stereocenters. The van der Waals surface area contributed by atoms with Gasteiger partial charge >= 0.3 is 0 Å². The lowest BCUT2D eigenvalue weighted by Crippen LogP contribution is -2.44. The molecule has 2 rings (SSSR count). The van der Waals surface area contributed by atoms with Gasteiger partial charge in [-0.1, -0.05) is 13.8 Å². The zero-order chi connectivity index (χ0) is 12.4. The van der Waals surface area contributed by atoms with Gasteiger partial charge in [-0.25, -0.2) is 0 Å². The van der Waals surface area contributed by atoms with Crippen molar-refractivity contribution >= 4 is 0 Å². The fourth-order valence-corrected chi connectivity index (χ4v) is 2.92. The van der Waals surface area contributed by atoms with Crippen LogP contribution < -0.4 is 5.32 Å². The van der Waals surface area contributed by atoms with Crippen LogP contribution in [0.1, 0.15) is 46.0 Å². The molecule has 2 saturated carbocycles. The Labute approximate surface area is 107 Å². The van der Waals surface area contributed by atoms with Crippen LogP contribution in [0.2, 0.25) is 0 Å². The number of hydrogen-bond donors (Lipinski definition) is 1. The second-order valence-electron chi connectivity index (χ2n) is 6.86. The van der Waals surface area contributed by atoms with Crippen LogP contribution in [0.15, 0.2) is 0 Å². The third-order valence-corrected chi connectivity index (χ3v) is 4.32. The predicted molar refractivity (Wildman–Crippen MR) is 74.2 cm³/mol. The van der Waals surface area contributed by atoms with E-state index in [2.05, 4.69) is 38.2 Å². The molecule has 1 unspecified atom stereocenters. The molecule has 0 radical (unpaired) electrons. The molecule has 2 heteroatoms. The lowest BCUT2D eigenvalue weighted by atomic mass is 10.0. The van der Waals surface area contributed by atoms with E-state index in [1.807, 2.05) is 0 Å². The summed E-state index contributed by atoms with van der Waals surface area (Å²) in [6, 6.07) is 1.56. The molecule has 0 heterocycles. The van der Waals surface area contributed by atoms with Crippen molar-refractivity contribution in [2.45, 2.75) is 58.0 Å². The van der Waals surface area contributed by atoms with Gasteiger partial charge in [0.25, 0.3) is 0 Å². The van der Waals surface area contributed by atoms with Gasteiger partial charge in [0.05, 0.1) is 0 Å². The standard InChI is InChI=1S/C15H30N2/c1-11(2)9-14(17(3)4)10-16-15(12-5-6-12)13-7-8-13/h11-16H,5-10H2,1-4H3. The quantitative estimate of drug-likeness (QED) is 0.699. The predicted octanol–water partition coefficient (Wildman–Crippen LogP) is 2.74. The topological polar surface area (TPSA) is 15.3 Å². The van der Waals surface area contributed by atoms with E-state index in [4.69, 9.17) is 0 Å². The molecule has 2 nitrogen and oxygen atoms in total. The minimum Gasteiger partial charge on any atom is -0.312 e. The highest BCUT2D eigenvalue weighted by Crippen LogP contribution is 2.44. The summed E-state index contributed by atoms with van der Waals surface area (Å²) in [5, 5.41) is 3.89. The highest BCUT2D eigenvalue weighted by atomic mass is 15.1. The third kappa shape index (κ3) is 4.26. The molecule has 2 aliphatic rings. The Balaban J connectivity index is 1.76. The maximum absolute atomic E-state index is 3.89. The van der Waals surface area contributed by atoms with E-state index in [1.54, 1.807) is 0 Å². The minimum atomic E-state index is 0.704. The van der Waals surface area contributed by atoms with Crippen LogP contribution in [-0.4, -0.2) is 37.6 Å². The van der Waals surface area contributed by atoms with Gasteiger partial charge in [0, 0.05) is 18.6 Å². The summed E-state index contributed by atoms with van der Waals surface area (Å²) in [5.41, 5.74) is 0. The van der Waals surface area contributed by atoms with Gasteiger partial charge in [-0.15, -0.1) is 0 Å². The van der Waals surface area contributed by atoms with E-state index in [0.29, 0.717) is 6.04 Å². The van der Waals surface area contributed by atoms with E-state index >= 15 is 0 Å². The van der Waals surface area contributed by atoms with Crippen LogP contribution in [0.5, 0.6) is 0 Å². The fourth-order valence-electron chi connectivity index (χ4n) is 2.92. The van der Waals surface area contributed by atoms with Crippen LogP contribution in [0, 0.1) is 17.8 Å². The second kappa shape index (κ2) is 5.71. The zero-order valence-corrected chi connectivity index (χ0v) is 12.1. The summed E-state index contributed by atoms with van der Waals surface area (Å²) in [5.74, 6) is 2.83. The van der Waals surface area contributed by atoms with Gasteiger partial charge in [0.15, 0.2) is 0 Å². The molecule has 2 fully saturated rings. The second-order valence-corrected chi connectivity index (χ2v) is 6.86. The maximum Gasteiger partial charge on any atom is 0.0217 e. The van der Waals surface area contributed by atoms with Gasteiger partial charge in [-0.2, -0.15) is 0 Å². The highest BCUT2D eigenvalue weighted by Gasteiger charge is 2.41. The molecular weight excluding hydrogens is 208 g/mol. The lowest BCUT2D eigenvalue weighted by Gasteiger charge is -2.29. The minimum absolute atomic E-state index is 0.704. The Morgan fingerprint density at radius 1 is 1.06 bits per heavy atom. The van der Waals surface area contributed by atoms with Crippen LogP contribution in [-0.2, 0) is 0 Å². The largest absolute Gasteiger partial charge is 0.312 e. The molecule has 0 aliphatic heterocycles. The summed E-state index contributed by atoms with van der Waals surface area (Å²) in [6.07, 6.45) is 7.22. The van der Waals surface area contributed by atoms with Crippen molar-refractivity contribution in [3.63, 3.8) is 0 Å². The average molecular weight is 238 g/mol. The Morgan fingerprint density at radius 3 is 1.94 bits per heavy atom. The number of likely N-dealkylation sites (N-methyl/N-ethyl adjacent to an activating group) is 1. The molecule has 0 aromatic carbocycles. The average Bonchev–Trinajstić information content (AvgIpc) is 3.10. The van der Waals surface area contributed by atoms with Crippen LogP contribution in [0.4, 0.5) is 0 Å². The Bertz CT molecular complexity index is 217.